The fraction of sp³-hybridized carbons (Fsp3) is 0.846. The van der Waals surface area contributed by atoms with Crippen molar-refractivity contribution in [3.63, 3.8) is 0 Å². The normalized spacial score (nSPS) is 29.1. The van der Waals surface area contributed by atoms with E-state index in [1.54, 1.807) is 0 Å². The minimum Gasteiger partial charge on any atom is -0.296 e. The zero-order chi connectivity index (χ0) is 10.9. The summed E-state index contributed by atoms with van der Waals surface area (Å²) < 4.78 is 0. The van der Waals surface area contributed by atoms with Crippen molar-refractivity contribution in [3.8, 4) is 0 Å². The average Bonchev–Trinajstić information content (AvgIpc) is 2.45. The highest BCUT2D eigenvalue weighted by molar-refractivity contribution is 5.12. The highest BCUT2D eigenvalue weighted by atomic mass is 15.2. The Hall–Kier alpha value is -0.300. The van der Waals surface area contributed by atoms with E-state index in [0.717, 1.165) is 12.0 Å². The Labute approximate surface area is 89.2 Å². The Morgan fingerprint density at radius 2 is 1.79 bits per heavy atom. The topological polar surface area (TPSA) is 3.24 Å². The smallest absolute Gasteiger partial charge is 0.0308 e. The first-order valence-electron chi connectivity index (χ1n) is 5.85. The molecule has 0 aromatic rings. The minimum atomic E-state index is 0.619. The van der Waals surface area contributed by atoms with Crippen molar-refractivity contribution in [2.75, 3.05) is 7.05 Å². The van der Waals surface area contributed by atoms with E-state index in [-0.39, 0.29) is 0 Å². The summed E-state index contributed by atoms with van der Waals surface area (Å²) in [7, 11) is 2.26. The van der Waals surface area contributed by atoms with Crippen molar-refractivity contribution < 1.29 is 0 Å². The Balaban J connectivity index is 2.64. The summed E-state index contributed by atoms with van der Waals surface area (Å²) in [6, 6.07) is 1.39. The molecule has 0 spiro atoms. The zero-order valence-electron chi connectivity index (χ0n) is 10.4. The van der Waals surface area contributed by atoms with Crippen molar-refractivity contribution in [2.24, 2.45) is 11.8 Å². The number of nitrogens with zero attached hydrogens (tertiary/aromatic N) is 1. The summed E-state index contributed by atoms with van der Waals surface area (Å²) in [4.78, 5) is 2.53. The maximum absolute atomic E-state index is 4.24. The van der Waals surface area contributed by atoms with Gasteiger partial charge in [0.2, 0.25) is 0 Å². The van der Waals surface area contributed by atoms with Crippen LogP contribution < -0.4 is 0 Å². The van der Waals surface area contributed by atoms with Crippen LogP contribution in [0.4, 0.5) is 0 Å². The molecule has 0 aromatic carbocycles. The van der Waals surface area contributed by atoms with Crippen molar-refractivity contribution in [3.05, 3.63) is 12.2 Å². The van der Waals surface area contributed by atoms with Gasteiger partial charge in [-0.15, -0.1) is 0 Å². The van der Waals surface area contributed by atoms with E-state index < -0.39 is 0 Å². The van der Waals surface area contributed by atoms with Crippen LogP contribution in [-0.2, 0) is 0 Å². The largest absolute Gasteiger partial charge is 0.296 e. The van der Waals surface area contributed by atoms with Crippen LogP contribution in [0.1, 0.15) is 40.5 Å². The van der Waals surface area contributed by atoms with Gasteiger partial charge in [-0.3, -0.25) is 4.90 Å². The second-order valence-electron chi connectivity index (χ2n) is 5.30. The SMILES string of the molecule is C=C(C(C)C)C1CCC(C(C)C)N1C. The van der Waals surface area contributed by atoms with Crippen LogP contribution in [0.25, 0.3) is 0 Å². The monoisotopic (exact) mass is 195 g/mol. The second-order valence-corrected chi connectivity index (χ2v) is 5.30. The van der Waals surface area contributed by atoms with Crippen LogP contribution in [0, 0.1) is 11.8 Å². The lowest BCUT2D eigenvalue weighted by molar-refractivity contribution is 0.211. The molecule has 0 aromatic heterocycles. The highest BCUT2D eigenvalue weighted by Gasteiger charge is 2.33. The van der Waals surface area contributed by atoms with E-state index in [1.807, 2.05) is 0 Å². The first-order chi connectivity index (χ1) is 6.45. The van der Waals surface area contributed by atoms with Crippen LogP contribution in [-0.4, -0.2) is 24.0 Å². The van der Waals surface area contributed by atoms with Crippen molar-refractivity contribution in [1.82, 2.24) is 4.90 Å². The van der Waals surface area contributed by atoms with E-state index in [2.05, 4.69) is 46.2 Å². The van der Waals surface area contributed by atoms with Crippen LogP contribution in [0.2, 0.25) is 0 Å². The third kappa shape index (κ3) is 2.20. The van der Waals surface area contributed by atoms with Gasteiger partial charge in [-0.2, -0.15) is 0 Å². The molecule has 1 heteroatoms. The molecule has 1 rings (SSSR count). The minimum absolute atomic E-state index is 0.619. The molecule has 0 N–H and O–H groups in total. The fourth-order valence-corrected chi connectivity index (χ4v) is 2.60. The first-order valence-corrected chi connectivity index (χ1v) is 5.85. The molecule has 0 bridgehead atoms. The van der Waals surface area contributed by atoms with Crippen LogP contribution in [0.15, 0.2) is 12.2 Å². The molecule has 1 aliphatic heterocycles. The molecule has 1 heterocycles. The van der Waals surface area contributed by atoms with Crippen LogP contribution in [0.5, 0.6) is 0 Å². The Morgan fingerprint density at radius 1 is 1.21 bits per heavy atom. The maximum atomic E-state index is 4.24. The molecule has 1 aliphatic rings. The summed E-state index contributed by atoms with van der Waals surface area (Å²) >= 11 is 0. The number of rotatable bonds is 3. The predicted octanol–water partition coefficient (Wildman–Crippen LogP) is 3.32. The second kappa shape index (κ2) is 4.48. The molecular formula is C13H25N. The Bertz CT molecular complexity index is 205. The lowest BCUT2D eigenvalue weighted by atomic mass is 9.96. The van der Waals surface area contributed by atoms with Gasteiger partial charge in [-0.25, -0.2) is 0 Å². The van der Waals surface area contributed by atoms with Gasteiger partial charge >= 0.3 is 0 Å². The van der Waals surface area contributed by atoms with Gasteiger partial charge in [-0.05, 0) is 31.7 Å². The summed E-state index contributed by atoms with van der Waals surface area (Å²) in [6.45, 7) is 13.4. The molecule has 2 atom stereocenters. The molecule has 14 heavy (non-hydrogen) atoms. The van der Waals surface area contributed by atoms with Gasteiger partial charge in [0.1, 0.15) is 0 Å². The number of hydrogen-bond acceptors (Lipinski definition) is 1. The maximum Gasteiger partial charge on any atom is 0.0308 e. The summed E-state index contributed by atoms with van der Waals surface area (Å²) in [5, 5.41) is 0. The van der Waals surface area contributed by atoms with E-state index >= 15 is 0 Å². The molecule has 1 fully saturated rings. The van der Waals surface area contributed by atoms with Gasteiger partial charge in [0, 0.05) is 12.1 Å². The van der Waals surface area contributed by atoms with E-state index in [1.165, 1.54) is 18.4 Å². The number of likely N-dealkylation sites (tertiary alicyclic amines) is 1. The molecule has 1 saturated heterocycles. The van der Waals surface area contributed by atoms with Gasteiger partial charge in [0.15, 0.2) is 0 Å². The summed E-state index contributed by atoms with van der Waals surface area (Å²) in [5.41, 5.74) is 1.41. The van der Waals surface area contributed by atoms with Crippen molar-refractivity contribution in [1.29, 1.82) is 0 Å². The molecule has 1 nitrogen and oxygen atoms in total. The van der Waals surface area contributed by atoms with Gasteiger partial charge in [0.05, 0.1) is 0 Å². The first kappa shape index (κ1) is 11.8. The quantitative estimate of drug-likeness (QED) is 0.624. The molecule has 82 valence electrons. The molecular weight excluding hydrogens is 170 g/mol. The average molecular weight is 195 g/mol. The van der Waals surface area contributed by atoms with Gasteiger partial charge in [-0.1, -0.05) is 39.8 Å². The van der Waals surface area contributed by atoms with Gasteiger partial charge in [0.25, 0.3) is 0 Å². The highest BCUT2D eigenvalue weighted by Crippen LogP contribution is 2.32. The number of likely N-dealkylation sites (N-methyl/N-ethyl adjacent to an activating group) is 1. The third-order valence-corrected chi connectivity index (χ3v) is 3.69. The summed E-state index contributed by atoms with van der Waals surface area (Å²) in [5.74, 6) is 1.39. The van der Waals surface area contributed by atoms with E-state index in [9.17, 15) is 0 Å². The predicted molar refractivity (Wildman–Crippen MR) is 63.4 cm³/mol. The standard InChI is InChI=1S/C13H25N/c1-9(2)11(5)13-8-7-12(10(3)4)14(13)6/h9-10,12-13H,5,7-8H2,1-4,6H3. The van der Waals surface area contributed by atoms with Crippen LogP contribution in [0.3, 0.4) is 0 Å². The summed E-state index contributed by atoms with van der Waals surface area (Å²) in [6.07, 6.45) is 2.64. The number of hydrogen-bond donors (Lipinski definition) is 0. The zero-order valence-corrected chi connectivity index (χ0v) is 10.4. The van der Waals surface area contributed by atoms with E-state index in [4.69, 9.17) is 0 Å². The van der Waals surface area contributed by atoms with Crippen LogP contribution >= 0.6 is 0 Å². The Morgan fingerprint density at radius 3 is 2.14 bits per heavy atom. The van der Waals surface area contributed by atoms with E-state index in [0.29, 0.717) is 12.0 Å². The fourth-order valence-electron chi connectivity index (χ4n) is 2.60. The molecule has 2 unspecified atom stereocenters. The lowest BCUT2D eigenvalue weighted by Gasteiger charge is -2.30. The molecule has 0 saturated carbocycles. The Kier molecular flexibility index (Phi) is 3.77. The molecule has 0 aliphatic carbocycles. The molecule has 0 amide bonds. The van der Waals surface area contributed by atoms with Crippen molar-refractivity contribution >= 4 is 0 Å². The van der Waals surface area contributed by atoms with Crippen molar-refractivity contribution in [2.45, 2.75) is 52.6 Å². The third-order valence-electron chi connectivity index (χ3n) is 3.69. The lowest BCUT2D eigenvalue weighted by Crippen LogP contribution is -2.37. The molecule has 0 radical (unpaired) electrons. The van der Waals surface area contributed by atoms with Gasteiger partial charge < -0.3 is 0 Å².